The van der Waals surface area contributed by atoms with Crippen molar-refractivity contribution < 1.29 is 4.52 Å². The second kappa shape index (κ2) is 5.72. The molecule has 4 rings (SSSR count). The van der Waals surface area contributed by atoms with Gasteiger partial charge in [0.25, 0.3) is 5.89 Å². The van der Waals surface area contributed by atoms with Gasteiger partial charge in [0.05, 0.1) is 17.1 Å². The van der Waals surface area contributed by atoms with Gasteiger partial charge >= 0.3 is 0 Å². The minimum Gasteiger partial charge on any atom is -0.334 e. The number of nitrogens with zero attached hydrogens (tertiary/aromatic N) is 4. The third-order valence-electron chi connectivity index (χ3n) is 4.53. The van der Waals surface area contributed by atoms with E-state index in [2.05, 4.69) is 45.4 Å². The summed E-state index contributed by atoms with van der Waals surface area (Å²) in [6, 6.07) is 8.23. The van der Waals surface area contributed by atoms with Gasteiger partial charge in [-0.1, -0.05) is 23.4 Å². The highest BCUT2D eigenvalue weighted by Crippen LogP contribution is 2.28. The number of para-hydroxylation sites is 1. The first-order valence-corrected chi connectivity index (χ1v) is 7.83. The number of rotatable bonds is 2. The molecule has 3 aromatic rings. The summed E-state index contributed by atoms with van der Waals surface area (Å²) < 4.78 is 5.53. The SMILES string of the molecule is Cc1c(-c2nc(C3CNCCN3C)no2)cnc2ccccc12. The normalized spacial score (nSPS) is 19.3. The first kappa shape index (κ1) is 14.3. The Hall–Kier alpha value is -2.31. The van der Waals surface area contributed by atoms with E-state index in [0.29, 0.717) is 5.89 Å². The van der Waals surface area contributed by atoms with Crippen LogP contribution in [-0.4, -0.2) is 46.7 Å². The molecule has 1 saturated heterocycles. The number of likely N-dealkylation sites (N-methyl/N-ethyl adjacent to an activating group) is 1. The van der Waals surface area contributed by atoms with E-state index in [1.165, 1.54) is 0 Å². The average molecular weight is 309 g/mol. The molecule has 0 radical (unpaired) electrons. The van der Waals surface area contributed by atoms with Crippen LogP contribution in [0.5, 0.6) is 0 Å². The molecule has 118 valence electrons. The summed E-state index contributed by atoms with van der Waals surface area (Å²) in [6.45, 7) is 4.87. The smallest absolute Gasteiger partial charge is 0.259 e. The molecule has 1 aliphatic heterocycles. The van der Waals surface area contributed by atoms with E-state index in [1.54, 1.807) is 0 Å². The maximum atomic E-state index is 5.53. The van der Waals surface area contributed by atoms with E-state index in [4.69, 9.17) is 4.52 Å². The minimum atomic E-state index is 0.148. The molecule has 6 heteroatoms. The van der Waals surface area contributed by atoms with Gasteiger partial charge in [-0.2, -0.15) is 4.98 Å². The van der Waals surface area contributed by atoms with Crippen molar-refractivity contribution >= 4 is 10.9 Å². The van der Waals surface area contributed by atoms with Crippen LogP contribution in [0, 0.1) is 6.92 Å². The van der Waals surface area contributed by atoms with Crippen molar-refractivity contribution in [3.8, 4) is 11.5 Å². The zero-order valence-electron chi connectivity index (χ0n) is 13.3. The third kappa shape index (κ3) is 2.50. The summed E-state index contributed by atoms with van der Waals surface area (Å²) in [5, 5.41) is 8.68. The zero-order chi connectivity index (χ0) is 15.8. The predicted octanol–water partition coefficient (Wildman–Crippen LogP) is 2.17. The molecule has 0 spiro atoms. The van der Waals surface area contributed by atoms with Crippen LogP contribution >= 0.6 is 0 Å². The van der Waals surface area contributed by atoms with Crippen LogP contribution in [0.1, 0.15) is 17.4 Å². The second-order valence-corrected chi connectivity index (χ2v) is 5.97. The van der Waals surface area contributed by atoms with Crippen LogP contribution in [-0.2, 0) is 0 Å². The lowest BCUT2D eigenvalue weighted by Gasteiger charge is -2.30. The van der Waals surface area contributed by atoms with E-state index in [-0.39, 0.29) is 6.04 Å². The van der Waals surface area contributed by atoms with Gasteiger partial charge in [-0.05, 0) is 25.6 Å². The van der Waals surface area contributed by atoms with Gasteiger partial charge in [0.1, 0.15) is 0 Å². The summed E-state index contributed by atoms with van der Waals surface area (Å²) in [6.07, 6.45) is 1.82. The standard InChI is InChI=1S/C17H19N5O/c1-11-12-5-3-4-6-14(12)19-9-13(11)17-20-16(21-23-17)15-10-18-7-8-22(15)2/h3-6,9,15,18H,7-8,10H2,1-2H3. The molecule has 1 aromatic carbocycles. The van der Waals surface area contributed by atoms with Crippen molar-refractivity contribution in [2.45, 2.75) is 13.0 Å². The van der Waals surface area contributed by atoms with Crippen molar-refractivity contribution in [3.05, 3.63) is 41.9 Å². The molecule has 2 aromatic heterocycles. The molecule has 1 unspecified atom stereocenters. The first-order chi connectivity index (χ1) is 11.2. The first-order valence-electron chi connectivity index (χ1n) is 7.83. The van der Waals surface area contributed by atoms with Crippen LogP contribution in [0.4, 0.5) is 0 Å². The van der Waals surface area contributed by atoms with Crippen molar-refractivity contribution in [1.29, 1.82) is 0 Å². The van der Waals surface area contributed by atoms with Crippen LogP contribution in [0.2, 0.25) is 0 Å². The topological polar surface area (TPSA) is 67.1 Å². The Kier molecular flexibility index (Phi) is 3.55. The van der Waals surface area contributed by atoms with E-state index in [0.717, 1.165) is 47.5 Å². The fourth-order valence-electron chi connectivity index (χ4n) is 3.07. The Bertz CT molecular complexity index is 844. The molecule has 1 N–H and O–H groups in total. The molecular weight excluding hydrogens is 290 g/mol. The Labute approximate surface area is 134 Å². The molecule has 1 aliphatic rings. The quantitative estimate of drug-likeness (QED) is 0.782. The van der Waals surface area contributed by atoms with E-state index < -0.39 is 0 Å². The van der Waals surface area contributed by atoms with Crippen LogP contribution in [0.25, 0.3) is 22.4 Å². The lowest BCUT2D eigenvalue weighted by molar-refractivity contribution is 0.190. The largest absolute Gasteiger partial charge is 0.334 e. The molecule has 23 heavy (non-hydrogen) atoms. The number of piperazine rings is 1. The molecule has 0 bridgehead atoms. The number of pyridine rings is 1. The average Bonchev–Trinajstić information content (AvgIpc) is 3.05. The number of benzene rings is 1. The van der Waals surface area contributed by atoms with E-state index in [1.807, 2.05) is 24.4 Å². The molecule has 3 heterocycles. The molecule has 0 saturated carbocycles. The summed E-state index contributed by atoms with van der Waals surface area (Å²) in [4.78, 5) is 11.4. The minimum absolute atomic E-state index is 0.148. The maximum Gasteiger partial charge on any atom is 0.259 e. The lowest BCUT2D eigenvalue weighted by atomic mass is 10.1. The van der Waals surface area contributed by atoms with Crippen LogP contribution in [0.3, 0.4) is 0 Å². The van der Waals surface area contributed by atoms with Crippen LogP contribution < -0.4 is 5.32 Å². The molecule has 1 fully saturated rings. The third-order valence-corrected chi connectivity index (χ3v) is 4.53. The van der Waals surface area contributed by atoms with Crippen LogP contribution in [0.15, 0.2) is 35.0 Å². The molecule has 6 nitrogen and oxygen atoms in total. The summed E-state index contributed by atoms with van der Waals surface area (Å²) in [5.41, 5.74) is 2.99. The van der Waals surface area contributed by atoms with Gasteiger partial charge in [0, 0.05) is 31.2 Å². The Morgan fingerprint density at radius 1 is 1.30 bits per heavy atom. The molecular formula is C17H19N5O. The molecule has 1 atom stereocenters. The number of aromatic nitrogens is 3. The van der Waals surface area contributed by atoms with Gasteiger partial charge in [0.15, 0.2) is 5.82 Å². The van der Waals surface area contributed by atoms with Crippen molar-refractivity contribution in [1.82, 2.24) is 25.3 Å². The van der Waals surface area contributed by atoms with Crippen molar-refractivity contribution in [2.24, 2.45) is 0 Å². The summed E-state index contributed by atoms with van der Waals surface area (Å²) in [7, 11) is 2.09. The Balaban J connectivity index is 1.73. The van der Waals surface area contributed by atoms with Gasteiger partial charge in [-0.25, -0.2) is 0 Å². The number of fused-ring (bicyclic) bond motifs is 1. The summed E-state index contributed by atoms with van der Waals surface area (Å²) >= 11 is 0. The van der Waals surface area contributed by atoms with Gasteiger partial charge in [0.2, 0.25) is 0 Å². The van der Waals surface area contributed by atoms with Gasteiger partial charge < -0.3 is 9.84 Å². The highest BCUT2D eigenvalue weighted by atomic mass is 16.5. The second-order valence-electron chi connectivity index (χ2n) is 5.97. The number of hydrogen-bond acceptors (Lipinski definition) is 6. The fourth-order valence-corrected chi connectivity index (χ4v) is 3.07. The number of nitrogens with one attached hydrogen (secondary N) is 1. The Morgan fingerprint density at radius 2 is 2.17 bits per heavy atom. The zero-order valence-corrected chi connectivity index (χ0v) is 13.3. The number of aryl methyl sites for hydroxylation is 1. The summed E-state index contributed by atoms with van der Waals surface area (Å²) in [5.74, 6) is 1.26. The van der Waals surface area contributed by atoms with Crippen molar-refractivity contribution in [3.63, 3.8) is 0 Å². The van der Waals surface area contributed by atoms with Gasteiger partial charge in [-0.15, -0.1) is 0 Å². The van der Waals surface area contributed by atoms with Gasteiger partial charge in [-0.3, -0.25) is 9.88 Å². The highest BCUT2D eigenvalue weighted by molar-refractivity contribution is 5.86. The van der Waals surface area contributed by atoms with E-state index in [9.17, 15) is 0 Å². The molecule has 0 amide bonds. The number of hydrogen-bond donors (Lipinski definition) is 1. The predicted molar refractivity (Wildman–Crippen MR) is 88.0 cm³/mol. The lowest BCUT2D eigenvalue weighted by Crippen LogP contribution is -2.44. The van der Waals surface area contributed by atoms with E-state index >= 15 is 0 Å². The maximum absolute atomic E-state index is 5.53. The fraction of sp³-hybridized carbons (Fsp3) is 0.353. The monoisotopic (exact) mass is 309 g/mol. The highest BCUT2D eigenvalue weighted by Gasteiger charge is 2.26. The van der Waals surface area contributed by atoms with Crippen molar-refractivity contribution in [2.75, 3.05) is 26.7 Å². The molecule has 0 aliphatic carbocycles. The Morgan fingerprint density at radius 3 is 3.04 bits per heavy atom.